The Bertz CT molecular complexity index is 966. The van der Waals surface area contributed by atoms with Gasteiger partial charge in [0.15, 0.2) is 0 Å². The Kier molecular flexibility index (Phi) is 4.51. The highest BCUT2D eigenvalue weighted by Gasteiger charge is 2.27. The molecule has 1 aromatic heterocycles. The Morgan fingerprint density at radius 2 is 1.92 bits per heavy atom. The summed E-state index contributed by atoms with van der Waals surface area (Å²) in [6, 6.07) is 15.9. The number of hydrogen-bond acceptors (Lipinski definition) is 4. The molecule has 1 atom stereocenters. The molecule has 0 saturated carbocycles. The van der Waals surface area contributed by atoms with E-state index >= 15 is 0 Å². The molecule has 0 bridgehead atoms. The van der Waals surface area contributed by atoms with Crippen LogP contribution in [0.3, 0.4) is 0 Å². The zero-order valence-electron chi connectivity index (χ0n) is 14.8. The van der Waals surface area contributed by atoms with Gasteiger partial charge in [-0.2, -0.15) is 5.10 Å². The monoisotopic (exact) mass is 364 g/mol. The van der Waals surface area contributed by atoms with Crippen molar-refractivity contribution in [2.24, 2.45) is 0 Å². The van der Waals surface area contributed by atoms with Crippen molar-refractivity contribution in [1.29, 1.82) is 0 Å². The topological polar surface area (TPSA) is 59.8 Å². The lowest BCUT2D eigenvalue weighted by Gasteiger charge is -2.24. The van der Waals surface area contributed by atoms with Crippen molar-refractivity contribution >= 4 is 23.4 Å². The van der Waals surface area contributed by atoms with Gasteiger partial charge < -0.3 is 5.32 Å². The number of nitrogens with zero attached hydrogens (tertiary/aromatic N) is 3. The number of hydrogen-bond donors (Lipinski definition) is 1. The molecule has 4 rings (SSSR count). The van der Waals surface area contributed by atoms with Crippen molar-refractivity contribution in [3.05, 3.63) is 71.3 Å². The van der Waals surface area contributed by atoms with Gasteiger partial charge >= 0.3 is 0 Å². The normalized spacial score (nSPS) is 16.2. The van der Waals surface area contributed by atoms with E-state index in [0.717, 1.165) is 34.9 Å². The number of aryl methyl sites for hydroxylation is 3. The molecule has 2 heterocycles. The van der Waals surface area contributed by atoms with Gasteiger partial charge in [-0.25, -0.2) is 9.67 Å². The Labute approximate surface area is 156 Å². The quantitative estimate of drug-likeness (QED) is 0.767. The lowest BCUT2D eigenvalue weighted by molar-refractivity contribution is -0.115. The number of nitrogens with one attached hydrogen (secondary N) is 1. The van der Waals surface area contributed by atoms with E-state index < -0.39 is 0 Å². The smallest absolute Gasteiger partial charge is 0.242 e. The molecule has 26 heavy (non-hydrogen) atoms. The number of para-hydroxylation sites is 2. The van der Waals surface area contributed by atoms with Crippen molar-refractivity contribution < 1.29 is 4.79 Å². The van der Waals surface area contributed by atoms with Crippen molar-refractivity contribution in [3.63, 3.8) is 0 Å². The number of aromatic nitrogens is 3. The summed E-state index contributed by atoms with van der Waals surface area (Å²) in [4.78, 5) is 17.4. The zero-order chi connectivity index (χ0) is 18.1. The molecule has 1 aliphatic heterocycles. The maximum Gasteiger partial charge on any atom is 0.242 e. The molecule has 5 nitrogen and oxygen atoms in total. The Balaban J connectivity index is 1.65. The van der Waals surface area contributed by atoms with Crippen LogP contribution in [0, 0.1) is 13.8 Å². The Morgan fingerprint density at radius 3 is 2.73 bits per heavy atom. The number of carbonyl (C=O) groups is 1. The maximum absolute atomic E-state index is 13.0. The largest absolute Gasteiger partial charge is 0.323 e. The van der Waals surface area contributed by atoms with Crippen LogP contribution < -0.4 is 5.32 Å². The van der Waals surface area contributed by atoms with E-state index in [1.807, 2.05) is 50.2 Å². The van der Waals surface area contributed by atoms with E-state index in [1.165, 1.54) is 5.56 Å². The number of anilines is 1. The van der Waals surface area contributed by atoms with Gasteiger partial charge in [0, 0.05) is 0 Å². The second kappa shape index (κ2) is 6.96. The number of thioether (sulfide) groups is 1. The van der Waals surface area contributed by atoms with Gasteiger partial charge in [0.2, 0.25) is 5.91 Å². The zero-order valence-corrected chi connectivity index (χ0v) is 15.6. The number of carbonyl (C=O) groups excluding carboxylic acids is 1. The van der Waals surface area contributed by atoms with E-state index in [4.69, 9.17) is 0 Å². The van der Waals surface area contributed by atoms with Crippen LogP contribution in [0.1, 0.15) is 28.0 Å². The first-order chi connectivity index (χ1) is 12.6. The maximum atomic E-state index is 13.0. The standard InChI is InChI=1S/C20H20N4OS/c1-13-21-14(2)24(23-13)18-10-6-5-9-17(18)22-20(25)19-16-8-4-3-7-15(16)11-12-26-19/h3-10,19H,11-12H2,1-2H3,(H,22,25)/t19-/m0/s1. The van der Waals surface area contributed by atoms with Crippen LogP contribution in [-0.2, 0) is 11.2 Å². The van der Waals surface area contributed by atoms with E-state index in [9.17, 15) is 4.79 Å². The molecule has 0 fully saturated rings. The summed E-state index contributed by atoms with van der Waals surface area (Å²) in [6.45, 7) is 3.77. The molecule has 132 valence electrons. The highest BCUT2D eigenvalue weighted by atomic mass is 32.2. The van der Waals surface area contributed by atoms with E-state index in [0.29, 0.717) is 5.82 Å². The van der Waals surface area contributed by atoms with Crippen LogP contribution in [0.5, 0.6) is 0 Å². The van der Waals surface area contributed by atoms with Gasteiger partial charge in [-0.05, 0) is 49.3 Å². The Morgan fingerprint density at radius 1 is 1.15 bits per heavy atom. The minimum absolute atomic E-state index is 0.00379. The first kappa shape index (κ1) is 16.8. The average molecular weight is 364 g/mol. The number of fused-ring (bicyclic) bond motifs is 1. The molecular weight excluding hydrogens is 344 g/mol. The molecule has 3 aromatic rings. The number of amides is 1. The lowest BCUT2D eigenvalue weighted by atomic mass is 10.0. The molecule has 0 radical (unpaired) electrons. The second-order valence-corrected chi connectivity index (χ2v) is 7.54. The van der Waals surface area contributed by atoms with E-state index in [-0.39, 0.29) is 11.2 Å². The van der Waals surface area contributed by atoms with Crippen molar-refractivity contribution in [2.75, 3.05) is 11.1 Å². The molecule has 0 unspecified atom stereocenters. The molecule has 1 N–H and O–H groups in total. The molecule has 1 amide bonds. The van der Waals surface area contributed by atoms with Crippen LogP contribution in [0.2, 0.25) is 0 Å². The summed E-state index contributed by atoms with van der Waals surface area (Å²) in [5, 5.41) is 7.37. The third-order valence-corrected chi connectivity index (χ3v) is 5.74. The molecule has 6 heteroatoms. The van der Waals surface area contributed by atoms with E-state index in [2.05, 4.69) is 27.5 Å². The van der Waals surface area contributed by atoms with E-state index in [1.54, 1.807) is 16.4 Å². The van der Waals surface area contributed by atoms with Crippen LogP contribution in [0.4, 0.5) is 5.69 Å². The third-order valence-electron chi connectivity index (χ3n) is 4.50. The summed E-state index contributed by atoms with van der Waals surface area (Å²) in [5.74, 6) is 2.46. The summed E-state index contributed by atoms with van der Waals surface area (Å²) in [7, 11) is 0. The number of rotatable bonds is 3. The van der Waals surface area contributed by atoms with Gasteiger partial charge in [0.25, 0.3) is 0 Å². The fourth-order valence-corrected chi connectivity index (χ4v) is 4.52. The fourth-order valence-electron chi connectivity index (χ4n) is 3.32. The van der Waals surface area contributed by atoms with Gasteiger partial charge in [-0.3, -0.25) is 4.79 Å². The fraction of sp³-hybridized carbons (Fsp3) is 0.250. The molecular formula is C20H20N4OS. The first-order valence-corrected chi connectivity index (χ1v) is 9.68. The minimum Gasteiger partial charge on any atom is -0.323 e. The SMILES string of the molecule is Cc1nc(C)n(-c2ccccc2NC(=O)[C@H]2SCCc3ccccc32)n1. The van der Waals surface area contributed by atoms with Crippen molar-refractivity contribution in [3.8, 4) is 5.69 Å². The van der Waals surface area contributed by atoms with Crippen LogP contribution in [0.25, 0.3) is 5.69 Å². The van der Waals surface area contributed by atoms with Crippen LogP contribution in [-0.4, -0.2) is 26.4 Å². The van der Waals surface area contributed by atoms with Gasteiger partial charge in [-0.15, -0.1) is 11.8 Å². The molecule has 1 aliphatic rings. The first-order valence-electron chi connectivity index (χ1n) is 8.63. The number of benzene rings is 2. The molecule has 2 aromatic carbocycles. The highest BCUT2D eigenvalue weighted by Crippen LogP contribution is 2.37. The predicted molar refractivity (Wildman–Crippen MR) is 105 cm³/mol. The summed E-state index contributed by atoms with van der Waals surface area (Å²) in [5.41, 5.74) is 3.95. The van der Waals surface area contributed by atoms with Crippen molar-refractivity contribution in [2.45, 2.75) is 25.5 Å². The lowest BCUT2D eigenvalue weighted by Crippen LogP contribution is -2.23. The second-order valence-electron chi connectivity index (χ2n) is 6.32. The van der Waals surface area contributed by atoms with Gasteiger partial charge in [-0.1, -0.05) is 36.4 Å². The third kappa shape index (κ3) is 3.12. The van der Waals surface area contributed by atoms with Gasteiger partial charge in [0.1, 0.15) is 16.9 Å². The van der Waals surface area contributed by atoms with Gasteiger partial charge in [0.05, 0.1) is 11.4 Å². The minimum atomic E-state index is -0.188. The predicted octanol–water partition coefficient (Wildman–Crippen LogP) is 3.85. The Hall–Kier alpha value is -2.60. The van der Waals surface area contributed by atoms with Crippen molar-refractivity contribution in [1.82, 2.24) is 14.8 Å². The van der Waals surface area contributed by atoms with Crippen LogP contribution >= 0.6 is 11.8 Å². The molecule has 0 spiro atoms. The summed E-state index contributed by atoms with van der Waals surface area (Å²) < 4.78 is 1.77. The summed E-state index contributed by atoms with van der Waals surface area (Å²) in [6.07, 6.45) is 1.01. The summed E-state index contributed by atoms with van der Waals surface area (Å²) >= 11 is 1.70. The highest BCUT2D eigenvalue weighted by molar-refractivity contribution is 8.00. The average Bonchev–Trinajstić information content (AvgIpc) is 2.99. The van der Waals surface area contributed by atoms with Crippen LogP contribution in [0.15, 0.2) is 48.5 Å². The molecule has 0 aliphatic carbocycles. The molecule has 0 saturated heterocycles.